The summed E-state index contributed by atoms with van der Waals surface area (Å²) in [6, 6.07) is 0. The molecule has 1 heterocycles. The molecule has 1 rings (SSSR count). The van der Waals surface area contributed by atoms with E-state index in [1.165, 1.54) is 19.3 Å². The summed E-state index contributed by atoms with van der Waals surface area (Å²) >= 11 is 0. The predicted octanol–water partition coefficient (Wildman–Crippen LogP) is 2.10. The lowest BCUT2D eigenvalue weighted by Crippen LogP contribution is -2.04. The Balaban J connectivity index is 2.17. The quantitative estimate of drug-likeness (QED) is 0.672. The number of aromatic nitrogens is 3. The number of rotatable bonds is 5. The van der Waals surface area contributed by atoms with Crippen molar-refractivity contribution in [1.82, 2.24) is 15.0 Å². The summed E-state index contributed by atoms with van der Waals surface area (Å²) in [5.74, 6) is 0.805. The standard InChI is InChI=1S/C9H17N3/c1-3-4-9(2)5-7-12-8-6-10-11-12/h6,8-9H,3-5,7H2,1-2H3. The van der Waals surface area contributed by atoms with E-state index in [-0.39, 0.29) is 0 Å². The summed E-state index contributed by atoms with van der Waals surface area (Å²) in [4.78, 5) is 0. The summed E-state index contributed by atoms with van der Waals surface area (Å²) in [6.45, 7) is 5.52. The maximum Gasteiger partial charge on any atom is 0.0692 e. The molecule has 0 aromatic carbocycles. The molecule has 0 aliphatic carbocycles. The highest BCUT2D eigenvalue weighted by atomic mass is 15.4. The van der Waals surface area contributed by atoms with Crippen molar-refractivity contribution in [2.75, 3.05) is 0 Å². The fraction of sp³-hybridized carbons (Fsp3) is 0.778. The van der Waals surface area contributed by atoms with Gasteiger partial charge >= 0.3 is 0 Å². The molecule has 1 unspecified atom stereocenters. The molecule has 68 valence electrons. The van der Waals surface area contributed by atoms with Crippen LogP contribution in [0.5, 0.6) is 0 Å². The predicted molar refractivity (Wildman–Crippen MR) is 48.7 cm³/mol. The molecule has 0 aliphatic rings. The van der Waals surface area contributed by atoms with Gasteiger partial charge in [-0.25, -0.2) is 0 Å². The van der Waals surface area contributed by atoms with Crippen molar-refractivity contribution in [3.05, 3.63) is 12.4 Å². The van der Waals surface area contributed by atoms with Crippen LogP contribution in [-0.4, -0.2) is 15.0 Å². The van der Waals surface area contributed by atoms with Crippen LogP contribution in [0.15, 0.2) is 12.4 Å². The van der Waals surface area contributed by atoms with E-state index in [2.05, 4.69) is 24.2 Å². The zero-order chi connectivity index (χ0) is 8.81. The molecule has 0 N–H and O–H groups in total. The Hall–Kier alpha value is -0.860. The molecule has 1 atom stereocenters. The number of nitrogens with zero attached hydrogens (tertiary/aromatic N) is 3. The van der Waals surface area contributed by atoms with E-state index >= 15 is 0 Å². The first-order valence-electron chi connectivity index (χ1n) is 4.67. The molecular weight excluding hydrogens is 150 g/mol. The Morgan fingerprint density at radius 1 is 1.42 bits per heavy atom. The van der Waals surface area contributed by atoms with Crippen molar-refractivity contribution in [3.8, 4) is 0 Å². The van der Waals surface area contributed by atoms with Crippen LogP contribution < -0.4 is 0 Å². The van der Waals surface area contributed by atoms with Gasteiger partial charge < -0.3 is 0 Å². The van der Waals surface area contributed by atoms with E-state index in [4.69, 9.17) is 0 Å². The fourth-order valence-electron chi connectivity index (χ4n) is 1.34. The largest absolute Gasteiger partial charge is 0.253 e. The van der Waals surface area contributed by atoms with E-state index in [1.807, 2.05) is 10.9 Å². The highest BCUT2D eigenvalue weighted by Crippen LogP contribution is 2.10. The Morgan fingerprint density at radius 2 is 2.25 bits per heavy atom. The van der Waals surface area contributed by atoms with Gasteiger partial charge in [0, 0.05) is 12.7 Å². The molecular formula is C9H17N3. The van der Waals surface area contributed by atoms with Gasteiger partial charge in [-0.15, -0.1) is 5.10 Å². The molecule has 1 aromatic rings. The average molecular weight is 167 g/mol. The molecule has 1 aromatic heterocycles. The van der Waals surface area contributed by atoms with Crippen molar-refractivity contribution < 1.29 is 0 Å². The Morgan fingerprint density at radius 3 is 2.83 bits per heavy atom. The van der Waals surface area contributed by atoms with E-state index in [1.54, 1.807) is 6.20 Å². The van der Waals surface area contributed by atoms with Crippen molar-refractivity contribution >= 4 is 0 Å². The summed E-state index contributed by atoms with van der Waals surface area (Å²) in [5.41, 5.74) is 0. The van der Waals surface area contributed by atoms with Gasteiger partial charge in [-0.05, 0) is 12.3 Å². The Labute approximate surface area is 73.8 Å². The molecule has 0 amide bonds. The van der Waals surface area contributed by atoms with Crippen LogP contribution in [0.1, 0.15) is 33.1 Å². The molecule has 0 bridgehead atoms. The van der Waals surface area contributed by atoms with Crippen LogP contribution >= 0.6 is 0 Å². The van der Waals surface area contributed by atoms with Crippen LogP contribution in [0.25, 0.3) is 0 Å². The fourth-order valence-corrected chi connectivity index (χ4v) is 1.34. The van der Waals surface area contributed by atoms with Crippen LogP contribution in [0, 0.1) is 5.92 Å². The van der Waals surface area contributed by atoms with Gasteiger partial charge in [-0.1, -0.05) is 31.9 Å². The lowest BCUT2D eigenvalue weighted by atomic mass is 10.0. The Bertz CT molecular complexity index is 194. The maximum absolute atomic E-state index is 3.91. The molecule has 0 radical (unpaired) electrons. The molecule has 12 heavy (non-hydrogen) atoms. The molecule has 0 saturated carbocycles. The average Bonchev–Trinajstić information content (AvgIpc) is 2.53. The maximum atomic E-state index is 3.91. The number of hydrogen-bond acceptors (Lipinski definition) is 2. The summed E-state index contributed by atoms with van der Waals surface area (Å²) in [6.07, 6.45) is 7.44. The minimum atomic E-state index is 0.805. The SMILES string of the molecule is CCCC(C)CCn1ccnn1. The zero-order valence-electron chi connectivity index (χ0n) is 7.90. The lowest BCUT2D eigenvalue weighted by molar-refractivity contribution is 0.426. The summed E-state index contributed by atoms with van der Waals surface area (Å²) in [7, 11) is 0. The molecule has 0 spiro atoms. The molecule has 0 saturated heterocycles. The third-order valence-corrected chi connectivity index (χ3v) is 2.10. The summed E-state index contributed by atoms with van der Waals surface area (Å²) < 4.78 is 1.90. The first-order valence-corrected chi connectivity index (χ1v) is 4.67. The van der Waals surface area contributed by atoms with Crippen molar-refractivity contribution in [2.24, 2.45) is 5.92 Å². The zero-order valence-corrected chi connectivity index (χ0v) is 7.90. The van der Waals surface area contributed by atoms with Crippen LogP contribution in [0.3, 0.4) is 0 Å². The van der Waals surface area contributed by atoms with E-state index in [0.29, 0.717) is 0 Å². The lowest BCUT2D eigenvalue weighted by Gasteiger charge is -2.08. The third-order valence-electron chi connectivity index (χ3n) is 2.10. The topological polar surface area (TPSA) is 30.7 Å². The smallest absolute Gasteiger partial charge is 0.0692 e. The van der Waals surface area contributed by atoms with E-state index in [0.717, 1.165) is 12.5 Å². The molecule has 0 fully saturated rings. The second-order valence-corrected chi connectivity index (χ2v) is 3.35. The van der Waals surface area contributed by atoms with Gasteiger partial charge in [0.15, 0.2) is 0 Å². The van der Waals surface area contributed by atoms with Gasteiger partial charge in [0.05, 0.1) is 6.20 Å². The van der Waals surface area contributed by atoms with Crippen molar-refractivity contribution in [1.29, 1.82) is 0 Å². The minimum absolute atomic E-state index is 0.805. The summed E-state index contributed by atoms with van der Waals surface area (Å²) in [5, 5.41) is 7.67. The van der Waals surface area contributed by atoms with E-state index < -0.39 is 0 Å². The van der Waals surface area contributed by atoms with Gasteiger partial charge in [-0.2, -0.15) is 0 Å². The number of hydrogen-bond donors (Lipinski definition) is 0. The first kappa shape index (κ1) is 9.23. The van der Waals surface area contributed by atoms with Gasteiger partial charge in [0.25, 0.3) is 0 Å². The van der Waals surface area contributed by atoms with Crippen molar-refractivity contribution in [2.45, 2.75) is 39.7 Å². The number of aryl methyl sites for hydroxylation is 1. The Kier molecular flexibility index (Phi) is 3.77. The van der Waals surface area contributed by atoms with Crippen molar-refractivity contribution in [3.63, 3.8) is 0 Å². The second kappa shape index (κ2) is 4.91. The van der Waals surface area contributed by atoms with Gasteiger partial charge in [0.2, 0.25) is 0 Å². The highest BCUT2D eigenvalue weighted by molar-refractivity contribution is 4.64. The van der Waals surface area contributed by atoms with E-state index in [9.17, 15) is 0 Å². The molecule has 3 heteroatoms. The normalized spacial score (nSPS) is 13.2. The molecule has 3 nitrogen and oxygen atoms in total. The minimum Gasteiger partial charge on any atom is -0.253 e. The van der Waals surface area contributed by atoms with Crippen LogP contribution in [0.2, 0.25) is 0 Å². The monoisotopic (exact) mass is 167 g/mol. The third kappa shape index (κ3) is 3.03. The second-order valence-electron chi connectivity index (χ2n) is 3.35. The van der Waals surface area contributed by atoms with Crippen LogP contribution in [-0.2, 0) is 6.54 Å². The first-order chi connectivity index (χ1) is 5.83. The van der Waals surface area contributed by atoms with Gasteiger partial charge in [0.1, 0.15) is 0 Å². The molecule has 0 aliphatic heterocycles. The highest BCUT2D eigenvalue weighted by Gasteiger charge is 2.00. The van der Waals surface area contributed by atoms with Gasteiger partial charge in [-0.3, -0.25) is 4.68 Å². The van der Waals surface area contributed by atoms with Crippen LogP contribution in [0.4, 0.5) is 0 Å².